The van der Waals surface area contributed by atoms with Crippen LogP contribution in [-0.2, 0) is 18.2 Å². The molecule has 4 rings (SSSR count). The van der Waals surface area contributed by atoms with E-state index in [1.54, 1.807) is 10.9 Å². The molecule has 2 heterocycles. The Kier molecular flexibility index (Phi) is 6.34. The standard InChI is InChI=1S/C22H24ClN3O4/c1-26-13-24-25-22(26)30-18-5-2-14(3-6-18)8-16-9-15(4-7-20(16)23)21-11-17(28)10-19(12-27)29-21/h2-7,9,13,17,19,21,27-28H,8,10-12H2,1H3/t17?,19-,21+/m0/s1. The molecule has 0 aliphatic carbocycles. The van der Waals surface area contributed by atoms with Crippen molar-refractivity contribution in [2.75, 3.05) is 6.61 Å². The predicted octanol–water partition coefficient (Wildman–Crippen LogP) is 3.42. The van der Waals surface area contributed by atoms with Crippen LogP contribution in [0.4, 0.5) is 0 Å². The first-order valence-electron chi connectivity index (χ1n) is 9.85. The fourth-order valence-electron chi connectivity index (χ4n) is 3.62. The van der Waals surface area contributed by atoms with Crippen molar-refractivity contribution in [3.8, 4) is 11.8 Å². The lowest BCUT2D eigenvalue weighted by Gasteiger charge is -2.32. The largest absolute Gasteiger partial charge is 0.424 e. The number of rotatable bonds is 6. The van der Waals surface area contributed by atoms with Crippen LogP contribution in [0.15, 0.2) is 48.8 Å². The molecule has 7 nitrogen and oxygen atoms in total. The van der Waals surface area contributed by atoms with Crippen LogP contribution in [0.2, 0.25) is 5.02 Å². The van der Waals surface area contributed by atoms with E-state index in [2.05, 4.69) is 10.2 Å². The van der Waals surface area contributed by atoms with Crippen LogP contribution < -0.4 is 4.74 Å². The number of aliphatic hydroxyl groups excluding tert-OH is 2. The van der Waals surface area contributed by atoms with Crippen LogP contribution in [0.5, 0.6) is 11.8 Å². The van der Waals surface area contributed by atoms with Crippen LogP contribution in [0, 0.1) is 0 Å². The number of hydrogen-bond acceptors (Lipinski definition) is 6. The van der Waals surface area contributed by atoms with Gasteiger partial charge in [-0.25, -0.2) is 0 Å². The highest BCUT2D eigenvalue weighted by Crippen LogP contribution is 2.34. The third-order valence-electron chi connectivity index (χ3n) is 5.22. The molecule has 1 aromatic heterocycles. The van der Waals surface area contributed by atoms with Crippen molar-refractivity contribution < 1.29 is 19.7 Å². The maximum atomic E-state index is 10.1. The van der Waals surface area contributed by atoms with Crippen molar-refractivity contribution >= 4 is 11.6 Å². The zero-order chi connectivity index (χ0) is 21.1. The average Bonchev–Trinajstić information content (AvgIpc) is 3.15. The number of ether oxygens (including phenoxy) is 2. The molecule has 3 aromatic rings. The smallest absolute Gasteiger partial charge is 0.322 e. The van der Waals surface area contributed by atoms with Gasteiger partial charge in [-0.3, -0.25) is 4.57 Å². The van der Waals surface area contributed by atoms with E-state index in [9.17, 15) is 10.2 Å². The molecule has 0 spiro atoms. The van der Waals surface area contributed by atoms with Crippen molar-refractivity contribution in [3.63, 3.8) is 0 Å². The Morgan fingerprint density at radius 3 is 2.70 bits per heavy atom. The first kappa shape index (κ1) is 20.8. The van der Waals surface area contributed by atoms with E-state index in [0.29, 0.717) is 36.0 Å². The molecule has 1 fully saturated rings. The Labute approximate surface area is 179 Å². The fourth-order valence-corrected chi connectivity index (χ4v) is 3.80. The maximum absolute atomic E-state index is 10.1. The molecular weight excluding hydrogens is 406 g/mol. The molecular formula is C22H24ClN3O4. The van der Waals surface area contributed by atoms with E-state index >= 15 is 0 Å². The van der Waals surface area contributed by atoms with E-state index < -0.39 is 6.10 Å². The summed E-state index contributed by atoms with van der Waals surface area (Å²) in [5.41, 5.74) is 3.01. The number of nitrogens with zero attached hydrogens (tertiary/aromatic N) is 3. The van der Waals surface area contributed by atoms with Gasteiger partial charge < -0.3 is 19.7 Å². The number of halogens is 1. The van der Waals surface area contributed by atoms with Crippen molar-refractivity contribution in [1.82, 2.24) is 14.8 Å². The van der Waals surface area contributed by atoms with Crippen LogP contribution >= 0.6 is 11.6 Å². The minimum Gasteiger partial charge on any atom is -0.424 e. The van der Waals surface area contributed by atoms with Gasteiger partial charge in [0.1, 0.15) is 12.1 Å². The summed E-state index contributed by atoms with van der Waals surface area (Å²) in [4.78, 5) is 0. The van der Waals surface area contributed by atoms with Gasteiger partial charge in [-0.1, -0.05) is 41.0 Å². The molecule has 0 radical (unpaired) electrons. The lowest BCUT2D eigenvalue weighted by atomic mass is 9.94. The average molecular weight is 430 g/mol. The van der Waals surface area contributed by atoms with Gasteiger partial charge in [-0.2, -0.15) is 0 Å². The van der Waals surface area contributed by atoms with Gasteiger partial charge in [-0.15, -0.1) is 5.10 Å². The summed E-state index contributed by atoms with van der Waals surface area (Å²) in [5.74, 6) is 0.675. The number of hydrogen-bond donors (Lipinski definition) is 2. The molecule has 2 N–H and O–H groups in total. The van der Waals surface area contributed by atoms with Gasteiger partial charge in [0, 0.05) is 24.9 Å². The summed E-state index contributed by atoms with van der Waals surface area (Å²) in [7, 11) is 1.82. The molecule has 158 valence electrons. The van der Waals surface area contributed by atoms with Gasteiger partial charge in [0.15, 0.2) is 0 Å². The molecule has 1 aliphatic rings. The first-order chi connectivity index (χ1) is 14.5. The van der Waals surface area contributed by atoms with Crippen molar-refractivity contribution in [3.05, 3.63) is 70.5 Å². The third kappa shape index (κ3) is 4.82. The van der Waals surface area contributed by atoms with E-state index in [1.807, 2.05) is 49.5 Å². The lowest BCUT2D eigenvalue weighted by Crippen LogP contribution is -2.33. The Bertz CT molecular complexity index is 992. The molecule has 2 aromatic carbocycles. The monoisotopic (exact) mass is 429 g/mol. The van der Waals surface area contributed by atoms with Crippen LogP contribution in [0.3, 0.4) is 0 Å². The molecule has 0 amide bonds. The minimum atomic E-state index is -0.485. The van der Waals surface area contributed by atoms with Crippen LogP contribution in [0.1, 0.15) is 35.6 Å². The summed E-state index contributed by atoms with van der Waals surface area (Å²) in [6.07, 6.45) is 2.10. The lowest BCUT2D eigenvalue weighted by molar-refractivity contribution is -0.113. The van der Waals surface area contributed by atoms with Gasteiger partial charge >= 0.3 is 6.01 Å². The minimum absolute atomic E-state index is 0.100. The van der Waals surface area contributed by atoms with Gasteiger partial charge in [0.25, 0.3) is 0 Å². The molecule has 0 bridgehead atoms. The number of benzene rings is 2. The Balaban J connectivity index is 1.48. The number of aliphatic hydroxyl groups is 2. The first-order valence-corrected chi connectivity index (χ1v) is 10.2. The van der Waals surface area contributed by atoms with Gasteiger partial charge in [0.2, 0.25) is 0 Å². The number of aromatic nitrogens is 3. The number of aryl methyl sites for hydroxylation is 1. The highest BCUT2D eigenvalue weighted by molar-refractivity contribution is 6.31. The third-order valence-corrected chi connectivity index (χ3v) is 5.59. The van der Waals surface area contributed by atoms with Gasteiger partial charge in [-0.05, 0) is 41.3 Å². The Morgan fingerprint density at radius 1 is 1.20 bits per heavy atom. The van der Waals surface area contributed by atoms with E-state index in [1.165, 1.54) is 0 Å². The van der Waals surface area contributed by atoms with Crippen molar-refractivity contribution in [1.29, 1.82) is 0 Å². The summed E-state index contributed by atoms with van der Waals surface area (Å²) in [6.45, 7) is -0.100. The second kappa shape index (κ2) is 9.14. The normalized spacial score (nSPS) is 21.5. The summed E-state index contributed by atoms with van der Waals surface area (Å²) in [6, 6.07) is 14.0. The molecule has 1 saturated heterocycles. The molecule has 3 atom stereocenters. The van der Waals surface area contributed by atoms with E-state index in [0.717, 1.165) is 16.7 Å². The summed E-state index contributed by atoms with van der Waals surface area (Å²) in [5, 5.41) is 27.9. The summed E-state index contributed by atoms with van der Waals surface area (Å²) >= 11 is 6.44. The van der Waals surface area contributed by atoms with Crippen molar-refractivity contribution in [2.45, 2.75) is 37.6 Å². The highest BCUT2D eigenvalue weighted by atomic mass is 35.5. The fraction of sp³-hybridized carbons (Fsp3) is 0.364. The molecule has 0 saturated carbocycles. The molecule has 30 heavy (non-hydrogen) atoms. The van der Waals surface area contributed by atoms with E-state index in [-0.39, 0.29) is 18.8 Å². The zero-order valence-electron chi connectivity index (χ0n) is 16.6. The van der Waals surface area contributed by atoms with Gasteiger partial charge in [0.05, 0.1) is 24.9 Å². The SMILES string of the molecule is Cn1cnnc1Oc1ccc(Cc2cc([C@H]3CC(O)C[C@@H](CO)O3)ccc2Cl)cc1. The highest BCUT2D eigenvalue weighted by Gasteiger charge is 2.29. The van der Waals surface area contributed by atoms with Crippen molar-refractivity contribution in [2.24, 2.45) is 7.05 Å². The van der Waals surface area contributed by atoms with Crippen LogP contribution in [0.25, 0.3) is 0 Å². The predicted molar refractivity (Wildman–Crippen MR) is 112 cm³/mol. The molecule has 1 unspecified atom stereocenters. The summed E-state index contributed by atoms with van der Waals surface area (Å²) < 4.78 is 13.3. The van der Waals surface area contributed by atoms with Crippen LogP contribution in [-0.4, -0.2) is 43.8 Å². The Hall–Kier alpha value is -2.45. The quantitative estimate of drug-likeness (QED) is 0.624. The zero-order valence-corrected chi connectivity index (χ0v) is 17.4. The second-order valence-corrected chi connectivity index (χ2v) is 7.96. The molecule has 1 aliphatic heterocycles. The topological polar surface area (TPSA) is 89.6 Å². The second-order valence-electron chi connectivity index (χ2n) is 7.55. The van der Waals surface area contributed by atoms with E-state index in [4.69, 9.17) is 21.1 Å². The Morgan fingerprint density at radius 2 is 2.00 bits per heavy atom. The molecule has 8 heteroatoms. The maximum Gasteiger partial charge on any atom is 0.322 e.